The number of hydrogen-bond donors (Lipinski definition) is 2. The van der Waals surface area contributed by atoms with Crippen molar-refractivity contribution >= 4 is 11.8 Å². The zero-order valence-corrected chi connectivity index (χ0v) is 22.0. The second-order valence-corrected chi connectivity index (χ2v) is 11.0. The summed E-state index contributed by atoms with van der Waals surface area (Å²) in [4.78, 5) is 28.9. The van der Waals surface area contributed by atoms with E-state index in [1.165, 1.54) is 5.57 Å². The standard InChI is InChI=1S/C27H45N3O2/c1-18(2)17-21(19(3)4)30(11)25(32)23(26(5,6)7)29-24(31)22(28-10)27(8,9)20-15-13-12-14-16-20/h12-17,19,21-23,28H,1-11H3,(H,29,31)/t21-,22-,23-/m1/s1. The highest BCUT2D eigenvalue weighted by Crippen LogP contribution is 2.29. The minimum Gasteiger partial charge on any atom is -0.342 e. The highest BCUT2D eigenvalue weighted by atomic mass is 16.2. The molecule has 0 heterocycles. The summed E-state index contributed by atoms with van der Waals surface area (Å²) in [6.07, 6.45) is 2.12. The number of rotatable bonds is 9. The Hall–Kier alpha value is -2.14. The Labute approximate surface area is 196 Å². The van der Waals surface area contributed by atoms with E-state index in [0.717, 1.165) is 5.56 Å². The summed E-state index contributed by atoms with van der Waals surface area (Å²) < 4.78 is 0. The first-order valence-corrected chi connectivity index (χ1v) is 11.6. The van der Waals surface area contributed by atoms with Crippen molar-refractivity contribution in [2.24, 2.45) is 11.3 Å². The second kappa shape index (κ2) is 11.1. The van der Waals surface area contributed by atoms with E-state index in [4.69, 9.17) is 0 Å². The van der Waals surface area contributed by atoms with Gasteiger partial charge in [0.1, 0.15) is 6.04 Å². The van der Waals surface area contributed by atoms with Crippen molar-refractivity contribution in [3.8, 4) is 0 Å². The summed E-state index contributed by atoms with van der Waals surface area (Å²) in [6.45, 7) is 18.4. The normalized spacial score (nSPS) is 15.0. The molecule has 0 bridgehead atoms. The smallest absolute Gasteiger partial charge is 0.245 e. The molecule has 32 heavy (non-hydrogen) atoms. The number of allylic oxidation sites excluding steroid dienone is 1. The quantitative estimate of drug-likeness (QED) is 0.551. The van der Waals surface area contributed by atoms with E-state index < -0.39 is 22.9 Å². The van der Waals surface area contributed by atoms with Crippen molar-refractivity contribution in [3.05, 3.63) is 47.5 Å². The molecule has 5 heteroatoms. The van der Waals surface area contributed by atoms with Gasteiger partial charge in [0.05, 0.1) is 12.1 Å². The highest BCUT2D eigenvalue weighted by Gasteiger charge is 2.41. The fraction of sp³-hybridized carbons (Fsp3) is 0.630. The van der Waals surface area contributed by atoms with Gasteiger partial charge in [-0.05, 0) is 37.8 Å². The summed E-state index contributed by atoms with van der Waals surface area (Å²) in [5.41, 5.74) is 1.33. The van der Waals surface area contributed by atoms with Gasteiger partial charge in [-0.2, -0.15) is 0 Å². The van der Waals surface area contributed by atoms with E-state index in [2.05, 4.69) is 30.6 Å². The highest BCUT2D eigenvalue weighted by molar-refractivity contribution is 5.91. The van der Waals surface area contributed by atoms with Gasteiger partial charge in [0, 0.05) is 12.5 Å². The van der Waals surface area contributed by atoms with Gasteiger partial charge in [0.25, 0.3) is 0 Å². The number of amides is 2. The molecule has 0 aliphatic carbocycles. The molecule has 0 unspecified atom stereocenters. The van der Waals surface area contributed by atoms with Gasteiger partial charge < -0.3 is 15.5 Å². The van der Waals surface area contributed by atoms with Crippen LogP contribution in [0.4, 0.5) is 0 Å². The molecule has 0 spiro atoms. The molecule has 0 aliphatic rings. The van der Waals surface area contributed by atoms with Gasteiger partial charge in [0.2, 0.25) is 11.8 Å². The third-order valence-corrected chi connectivity index (χ3v) is 6.17. The van der Waals surface area contributed by atoms with E-state index in [9.17, 15) is 9.59 Å². The molecule has 1 rings (SSSR count). The molecule has 0 radical (unpaired) electrons. The van der Waals surface area contributed by atoms with Crippen molar-refractivity contribution in [2.75, 3.05) is 14.1 Å². The molecule has 0 aromatic heterocycles. The average molecular weight is 444 g/mol. The maximum Gasteiger partial charge on any atom is 0.245 e. The first kappa shape index (κ1) is 27.9. The van der Waals surface area contributed by atoms with Crippen molar-refractivity contribution in [2.45, 2.75) is 85.9 Å². The Kier molecular flexibility index (Phi) is 9.70. The van der Waals surface area contributed by atoms with E-state index in [1.54, 1.807) is 11.9 Å². The first-order valence-electron chi connectivity index (χ1n) is 11.6. The van der Waals surface area contributed by atoms with E-state index in [1.807, 2.05) is 85.8 Å². The molecular formula is C27H45N3O2. The molecule has 180 valence electrons. The molecule has 0 aliphatic heterocycles. The van der Waals surface area contributed by atoms with Gasteiger partial charge >= 0.3 is 0 Å². The molecule has 1 aromatic carbocycles. The fourth-order valence-electron chi connectivity index (χ4n) is 4.17. The summed E-state index contributed by atoms with van der Waals surface area (Å²) in [7, 11) is 3.62. The number of benzene rings is 1. The first-order chi connectivity index (χ1) is 14.6. The lowest BCUT2D eigenvalue weighted by Gasteiger charge is -2.40. The Morgan fingerprint density at radius 1 is 0.969 bits per heavy atom. The number of nitrogens with one attached hydrogen (secondary N) is 2. The molecule has 2 N–H and O–H groups in total. The van der Waals surface area contributed by atoms with Crippen LogP contribution in [0.2, 0.25) is 0 Å². The maximum absolute atomic E-state index is 13.6. The molecule has 2 amide bonds. The fourth-order valence-corrected chi connectivity index (χ4v) is 4.17. The largest absolute Gasteiger partial charge is 0.342 e. The average Bonchev–Trinajstić information content (AvgIpc) is 2.69. The third-order valence-electron chi connectivity index (χ3n) is 6.17. The van der Waals surface area contributed by atoms with Crippen LogP contribution in [0.5, 0.6) is 0 Å². The summed E-state index contributed by atoms with van der Waals surface area (Å²) in [5.74, 6) is 0.0120. The molecule has 0 saturated heterocycles. The predicted molar refractivity (Wildman–Crippen MR) is 135 cm³/mol. The molecular weight excluding hydrogens is 398 g/mol. The van der Waals surface area contributed by atoms with Crippen LogP contribution >= 0.6 is 0 Å². The summed E-state index contributed by atoms with van der Waals surface area (Å²) in [6, 6.07) is 8.82. The molecule has 1 aromatic rings. The minimum atomic E-state index is -0.644. The number of carbonyl (C=O) groups excluding carboxylic acids is 2. The van der Waals surface area contributed by atoms with Gasteiger partial charge in [-0.25, -0.2) is 0 Å². The Morgan fingerprint density at radius 3 is 1.91 bits per heavy atom. The lowest BCUT2D eigenvalue weighted by molar-refractivity contribution is -0.140. The van der Waals surface area contributed by atoms with Gasteiger partial charge in [0.15, 0.2) is 0 Å². The molecule has 3 atom stereocenters. The second-order valence-electron chi connectivity index (χ2n) is 11.0. The monoisotopic (exact) mass is 443 g/mol. The van der Waals surface area contributed by atoms with Gasteiger partial charge in [-0.1, -0.05) is 90.4 Å². The summed E-state index contributed by atoms with van der Waals surface area (Å²) in [5, 5.41) is 6.28. The van der Waals surface area contributed by atoms with Gasteiger partial charge in [-0.15, -0.1) is 0 Å². The van der Waals surface area contributed by atoms with Crippen LogP contribution in [0.15, 0.2) is 42.0 Å². The van der Waals surface area contributed by atoms with E-state index >= 15 is 0 Å². The van der Waals surface area contributed by atoms with Crippen LogP contribution in [-0.4, -0.2) is 48.9 Å². The zero-order valence-electron chi connectivity index (χ0n) is 22.0. The minimum absolute atomic E-state index is 0.0323. The Bertz CT molecular complexity index is 787. The Balaban J connectivity index is 3.24. The lowest BCUT2D eigenvalue weighted by atomic mass is 9.76. The molecule has 0 saturated carbocycles. The van der Waals surface area contributed by atoms with Crippen LogP contribution in [0.3, 0.4) is 0 Å². The number of nitrogens with zero attached hydrogens (tertiary/aromatic N) is 1. The van der Waals surface area contributed by atoms with Crippen LogP contribution in [-0.2, 0) is 15.0 Å². The van der Waals surface area contributed by atoms with E-state index in [0.29, 0.717) is 0 Å². The third kappa shape index (κ3) is 6.93. The van der Waals surface area contributed by atoms with E-state index in [-0.39, 0.29) is 23.8 Å². The Morgan fingerprint density at radius 2 is 1.50 bits per heavy atom. The van der Waals surface area contributed by atoms with Crippen LogP contribution in [0.1, 0.15) is 67.9 Å². The van der Waals surface area contributed by atoms with Crippen LogP contribution in [0, 0.1) is 11.3 Å². The topological polar surface area (TPSA) is 61.4 Å². The number of hydrogen-bond acceptors (Lipinski definition) is 3. The number of carbonyl (C=O) groups is 2. The zero-order chi connectivity index (χ0) is 24.9. The van der Waals surface area contributed by atoms with Crippen molar-refractivity contribution in [1.82, 2.24) is 15.5 Å². The van der Waals surface area contributed by atoms with Crippen molar-refractivity contribution in [3.63, 3.8) is 0 Å². The van der Waals surface area contributed by atoms with Crippen molar-refractivity contribution < 1.29 is 9.59 Å². The number of likely N-dealkylation sites (N-methyl/N-ethyl adjacent to an activating group) is 2. The lowest BCUT2D eigenvalue weighted by Crippen LogP contribution is -2.61. The molecule has 5 nitrogen and oxygen atoms in total. The predicted octanol–water partition coefficient (Wildman–Crippen LogP) is 4.53. The molecule has 0 fully saturated rings. The van der Waals surface area contributed by atoms with Crippen LogP contribution < -0.4 is 10.6 Å². The maximum atomic E-state index is 13.6. The SMILES string of the molecule is CN[C@H](C(=O)N[C@H](C(=O)N(C)[C@H](C=C(C)C)C(C)C)C(C)(C)C)C(C)(C)c1ccccc1. The van der Waals surface area contributed by atoms with Gasteiger partial charge in [-0.3, -0.25) is 9.59 Å². The summed E-state index contributed by atoms with van der Waals surface area (Å²) >= 11 is 0. The van der Waals surface area contributed by atoms with Crippen molar-refractivity contribution in [1.29, 1.82) is 0 Å². The van der Waals surface area contributed by atoms with Crippen LogP contribution in [0.25, 0.3) is 0 Å².